The van der Waals surface area contributed by atoms with Gasteiger partial charge in [0, 0.05) is 38.9 Å². The Hall–Kier alpha value is -2.72. The number of aryl methyl sites for hydroxylation is 1. The van der Waals surface area contributed by atoms with Crippen molar-refractivity contribution in [1.29, 1.82) is 5.26 Å². The first-order chi connectivity index (χ1) is 13.0. The molecule has 0 aliphatic carbocycles. The molecule has 1 aliphatic rings. The van der Waals surface area contributed by atoms with E-state index in [1.165, 1.54) is 6.07 Å². The lowest BCUT2D eigenvalue weighted by atomic mass is 9.95. The van der Waals surface area contributed by atoms with E-state index in [2.05, 4.69) is 10.00 Å². The molecule has 2 aromatic rings. The highest BCUT2D eigenvalue weighted by Gasteiger charge is 2.23. The summed E-state index contributed by atoms with van der Waals surface area (Å²) in [7, 11) is 3.62. The van der Waals surface area contributed by atoms with E-state index in [0.29, 0.717) is 35.7 Å². The predicted molar refractivity (Wildman–Crippen MR) is 99.3 cm³/mol. The molecule has 2 heterocycles. The molecule has 1 aromatic heterocycles. The third-order valence-electron chi connectivity index (χ3n) is 5.11. The number of rotatable bonds is 5. The Balaban J connectivity index is 1.49. The van der Waals surface area contributed by atoms with Crippen LogP contribution in [0.15, 0.2) is 30.6 Å². The van der Waals surface area contributed by atoms with E-state index in [-0.39, 0.29) is 11.7 Å². The highest BCUT2D eigenvalue weighted by Crippen LogP contribution is 2.21. The number of piperidine rings is 1. The number of likely N-dealkylation sites (tertiary alicyclic amines) is 1. The van der Waals surface area contributed by atoms with E-state index >= 15 is 0 Å². The Morgan fingerprint density at radius 3 is 2.74 bits per heavy atom. The second kappa shape index (κ2) is 8.31. The van der Waals surface area contributed by atoms with Gasteiger partial charge in [0.1, 0.15) is 5.82 Å². The molecule has 6 nitrogen and oxygen atoms in total. The minimum Gasteiger partial charge on any atom is -0.341 e. The monoisotopic (exact) mass is 369 g/mol. The second-order valence-electron chi connectivity index (χ2n) is 7.23. The maximum atomic E-state index is 14.1. The van der Waals surface area contributed by atoms with Gasteiger partial charge in [-0.05, 0) is 44.0 Å². The van der Waals surface area contributed by atoms with Crippen molar-refractivity contribution in [3.63, 3.8) is 0 Å². The van der Waals surface area contributed by atoms with Gasteiger partial charge in [-0.3, -0.25) is 14.4 Å². The van der Waals surface area contributed by atoms with E-state index in [1.807, 2.05) is 13.1 Å². The zero-order valence-corrected chi connectivity index (χ0v) is 15.7. The van der Waals surface area contributed by atoms with Crippen molar-refractivity contribution in [3.05, 3.63) is 53.1 Å². The molecule has 3 rings (SSSR count). The highest BCUT2D eigenvalue weighted by atomic mass is 19.1. The first-order valence-electron chi connectivity index (χ1n) is 9.11. The normalized spacial score (nSPS) is 15.5. The Morgan fingerprint density at radius 1 is 1.41 bits per heavy atom. The number of benzene rings is 1. The molecule has 0 radical (unpaired) electrons. The average molecular weight is 369 g/mol. The fourth-order valence-electron chi connectivity index (χ4n) is 3.54. The zero-order chi connectivity index (χ0) is 19.4. The van der Waals surface area contributed by atoms with Crippen LogP contribution in [-0.4, -0.2) is 52.2 Å². The van der Waals surface area contributed by atoms with Crippen LogP contribution in [0.5, 0.6) is 0 Å². The summed E-state index contributed by atoms with van der Waals surface area (Å²) in [6, 6.07) is 6.60. The molecule has 142 valence electrons. The average Bonchev–Trinajstić information content (AvgIpc) is 3.10. The third-order valence-corrected chi connectivity index (χ3v) is 5.11. The minimum atomic E-state index is -0.321. The van der Waals surface area contributed by atoms with Gasteiger partial charge in [-0.25, -0.2) is 4.39 Å². The summed E-state index contributed by atoms with van der Waals surface area (Å²) in [5.74, 6) is 0.112. The molecule has 1 amide bonds. The quantitative estimate of drug-likeness (QED) is 0.812. The number of hydrogen-bond acceptors (Lipinski definition) is 4. The summed E-state index contributed by atoms with van der Waals surface area (Å²) < 4.78 is 15.7. The number of aromatic nitrogens is 2. The lowest BCUT2D eigenvalue weighted by molar-refractivity contribution is 0.0737. The highest BCUT2D eigenvalue weighted by molar-refractivity contribution is 5.93. The smallest absolute Gasteiger partial charge is 0.256 e. The van der Waals surface area contributed by atoms with E-state index in [4.69, 9.17) is 5.26 Å². The van der Waals surface area contributed by atoms with Gasteiger partial charge in [-0.2, -0.15) is 10.4 Å². The SMILES string of the molecule is CN(CC1CCN(Cc2ccc(C#N)cc2F)CC1)C(=O)c1cnn(C)c1. The molecular weight excluding hydrogens is 345 g/mol. The van der Waals surface area contributed by atoms with Crippen LogP contribution in [0.3, 0.4) is 0 Å². The van der Waals surface area contributed by atoms with Gasteiger partial charge in [-0.1, -0.05) is 6.07 Å². The van der Waals surface area contributed by atoms with Crippen LogP contribution in [0.1, 0.15) is 34.3 Å². The van der Waals surface area contributed by atoms with Crippen molar-refractivity contribution in [2.45, 2.75) is 19.4 Å². The molecule has 7 heteroatoms. The number of amides is 1. The lowest BCUT2D eigenvalue weighted by Crippen LogP contribution is -2.39. The Kier molecular flexibility index (Phi) is 5.87. The van der Waals surface area contributed by atoms with Crippen LogP contribution < -0.4 is 0 Å². The van der Waals surface area contributed by atoms with Gasteiger partial charge < -0.3 is 4.90 Å². The van der Waals surface area contributed by atoms with Crippen molar-refractivity contribution in [2.24, 2.45) is 13.0 Å². The Labute approximate surface area is 158 Å². The summed E-state index contributed by atoms with van der Waals surface area (Å²) in [4.78, 5) is 16.4. The molecule has 0 spiro atoms. The summed E-state index contributed by atoms with van der Waals surface area (Å²) >= 11 is 0. The number of hydrogen-bond donors (Lipinski definition) is 0. The molecule has 1 aromatic carbocycles. The number of nitriles is 1. The molecule has 0 N–H and O–H groups in total. The number of halogens is 1. The summed E-state index contributed by atoms with van der Waals surface area (Å²) in [5, 5.41) is 12.9. The van der Waals surface area contributed by atoms with Crippen molar-refractivity contribution >= 4 is 5.91 Å². The first-order valence-corrected chi connectivity index (χ1v) is 9.11. The van der Waals surface area contributed by atoms with Gasteiger partial charge in [-0.15, -0.1) is 0 Å². The van der Waals surface area contributed by atoms with Gasteiger partial charge in [0.15, 0.2) is 0 Å². The van der Waals surface area contributed by atoms with Gasteiger partial charge in [0.2, 0.25) is 0 Å². The number of carbonyl (C=O) groups excluding carboxylic acids is 1. The maximum Gasteiger partial charge on any atom is 0.256 e. The molecule has 0 atom stereocenters. The van der Waals surface area contributed by atoms with Crippen LogP contribution in [0.4, 0.5) is 4.39 Å². The largest absolute Gasteiger partial charge is 0.341 e. The molecular formula is C20H24FN5O. The molecule has 0 unspecified atom stereocenters. The molecule has 1 aliphatic heterocycles. The van der Waals surface area contributed by atoms with Crippen LogP contribution in [0, 0.1) is 23.1 Å². The van der Waals surface area contributed by atoms with Crippen molar-refractivity contribution in [1.82, 2.24) is 19.6 Å². The molecule has 1 fully saturated rings. The van der Waals surface area contributed by atoms with Crippen molar-refractivity contribution in [2.75, 3.05) is 26.7 Å². The van der Waals surface area contributed by atoms with E-state index < -0.39 is 0 Å². The van der Waals surface area contributed by atoms with E-state index in [0.717, 1.165) is 25.9 Å². The molecule has 0 saturated carbocycles. The topological polar surface area (TPSA) is 65.2 Å². The van der Waals surface area contributed by atoms with Crippen LogP contribution in [0.2, 0.25) is 0 Å². The van der Waals surface area contributed by atoms with Gasteiger partial charge >= 0.3 is 0 Å². The van der Waals surface area contributed by atoms with Crippen molar-refractivity contribution in [3.8, 4) is 6.07 Å². The Bertz CT molecular complexity index is 848. The fraction of sp³-hybridized carbons (Fsp3) is 0.450. The maximum absolute atomic E-state index is 14.1. The molecule has 1 saturated heterocycles. The summed E-state index contributed by atoms with van der Waals surface area (Å²) in [6.45, 7) is 3.01. The van der Waals surface area contributed by atoms with Gasteiger partial charge in [0.25, 0.3) is 5.91 Å². The van der Waals surface area contributed by atoms with Crippen LogP contribution in [-0.2, 0) is 13.6 Å². The van der Waals surface area contributed by atoms with Gasteiger partial charge in [0.05, 0.1) is 23.4 Å². The van der Waals surface area contributed by atoms with E-state index in [1.54, 1.807) is 41.2 Å². The lowest BCUT2D eigenvalue weighted by Gasteiger charge is -2.34. The second-order valence-corrected chi connectivity index (χ2v) is 7.23. The zero-order valence-electron chi connectivity index (χ0n) is 15.7. The molecule has 0 bridgehead atoms. The standard InChI is InChI=1S/C20H24FN5O/c1-24(20(27)18-11-23-25(2)13-18)12-15-5-7-26(8-6-15)14-17-4-3-16(10-22)9-19(17)21/h3-4,9,11,13,15H,5-8,12,14H2,1-2H3. The number of nitrogens with zero attached hydrogens (tertiary/aromatic N) is 5. The van der Waals surface area contributed by atoms with Crippen LogP contribution in [0.25, 0.3) is 0 Å². The first kappa shape index (κ1) is 19.1. The fourth-order valence-corrected chi connectivity index (χ4v) is 3.54. The Morgan fingerprint density at radius 2 is 2.15 bits per heavy atom. The third kappa shape index (κ3) is 4.72. The van der Waals surface area contributed by atoms with E-state index in [9.17, 15) is 9.18 Å². The predicted octanol–water partition coefficient (Wildman–Crippen LogP) is 2.42. The van der Waals surface area contributed by atoms with Crippen LogP contribution >= 0.6 is 0 Å². The minimum absolute atomic E-state index is 0.00909. The molecule has 27 heavy (non-hydrogen) atoms. The number of carbonyl (C=O) groups is 1. The summed E-state index contributed by atoms with van der Waals surface area (Å²) in [5.41, 5.74) is 1.57. The van der Waals surface area contributed by atoms with Crippen molar-refractivity contribution < 1.29 is 9.18 Å². The summed E-state index contributed by atoms with van der Waals surface area (Å²) in [6.07, 6.45) is 5.27.